The van der Waals surface area contributed by atoms with Crippen molar-refractivity contribution in [1.82, 2.24) is 0 Å². The maximum absolute atomic E-state index is 15.5. The zero-order chi connectivity index (χ0) is 22.6. The standard InChI is InChI=1S/C24H40FN3O3/c1-22(2,13-26)31-28-20-11-17-19(27-30-5)10-14-15-6-7-21(29)23(15,3)9-8-16(14)24(17,4)12-18(20)25/h14-18,21,29H,6-13,26H2,1-5H3/b27-19+,28-20+/t14-,15-,16-,17?,18+,21-,23-,24+/m0/s1. The molecule has 31 heavy (non-hydrogen) atoms. The molecule has 7 heteroatoms. The molecule has 4 rings (SSSR count). The molecule has 4 fully saturated rings. The van der Waals surface area contributed by atoms with E-state index < -0.39 is 11.8 Å². The van der Waals surface area contributed by atoms with Gasteiger partial charge >= 0.3 is 0 Å². The minimum atomic E-state index is -1.13. The van der Waals surface area contributed by atoms with Gasteiger partial charge in [0.15, 0.2) is 0 Å². The van der Waals surface area contributed by atoms with Crippen molar-refractivity contribution in [1.29, 1.82) is 0 Å². The molecule has 0 aliphatic heterocycles. The number of fused-ring (bicyclic) bond motifs is 5. The van der Waals surface area contributed by atoms with Crippen molar-refractivity contribution in [3.63, 3.8) is 0 Å². The summed E-state index contributed by atoms with van der Waals surface area (Å²) in [5.74, 6) is 1.41. The maximum atomic E-state index is 15.5. The number of nitrogens with two attached hydrogens (primary N) is 1. The van der Waals surface area contributed by atoms with E-state index in [1.807, 2.05) is 13.8 Å². The molecule has 0 radical (unpaired) electrons. The highest BCUT2D eigenvalue weighted by molar-refractivity contribution is 5.97. The Hall–Kier alpha value is -1.21. The molecule has 0 spiro atoms. The van der Waals surface area contributed by atoms with Crippen molar-refractivity contribution in [2.24, 2.45) is 50.5 Å². The lowest BCUT2D eigenvalue weighted by Crippen LogP contribution is -2.58. The minimum Gasteiger partial charge on any atom is -0.399 e. The molecule has 4 aliphatic carbocycles. The Bertz CT molecular complexity index is 756. The highest BCUT2D eigenvalue weighted by Crippen LogP contribution is 2.65. The Kier molecular flexibility index (Phi) is 5.91. The van der Waals surface area contributed by atoms with Crippen LogP contribution in [0.4, 0.5) is 4.39 Å². The summed E-state index contributed by atoms with van der Waals surface area (Å²) in [5.41, 5.74) is 6.38. The lowest BCUT2D eigenvalue weighted by Gasteiger charge is -2.60. The van der Waals surface area contributed by atoms with Gasteiger partial charge in [0.2, 0.25) is 0 Å². The SMILES string of the molecule is CO/N=C1\C[C@H]2[C@@H]3CC[C@H](O)[C@@]3(C)CC[C@@H]2[C@@]2(C)C[C@@H](F)/C(=N/OC(C)(C)CN)CC12. The van der Waals surface area contributed by atoms with E-state index in [9.17, 15) is 5.11 Å². The molecule has 0 aromatic heterocycles. The number of rotatable bonds is 4. The Morgan fingerprint density at radius 3 is 2.48 bits per heavy atom. The first-order valence-electron chi connectivity index (χ1n) is 11.9. The van der Waals surface area contributed by atoms with E-state index in [-0.39, 0.29) is 22.9 Å². The van der Waals surface area contributed by atoms with Crippen LogP contribution in [0.1, 0.15) is 72.6 Å². The van der Waals surface area contributed by atoms with Gasteiger partial charge in [-0.2, -0.15) is 0 Å². The lowest BCUT2D eigenvalue weighted by molar-refractivity contribution is -0.0903. The molecule has 1 unspecified atom stereocenters. The zero-order valence-electron chi connectivity index (χ0n) is 19.7. The molecule has 4 aliphatic rings. The number of halogens is 1. The third-order valence-corrected chi connectivity index (χ3v) is 9.38. The molecular formula is C24H40FN3O3. The number of nitrogens with zero attached hydrogens (tertiary/aromatic N) is 2. The van der Waals surface area contributed by atoms with Crippen molar-refractivity contribution in [2.75, 3.05) is 13.7 Å². The van der Waals surface area contributed by atoms with E-state index in [0.29, 0.717) is 42.9 Å². The topological polar surface area (TPSA) is 89.4 Å². The second kappa shape index (κ2) is 7.98. The molecule has 0 amide bonds. The van der Waals surface area contributed by atoms with E-state index in [4.69, 9.17) is 15.4 Å². The molecule has 0 saturated heterocycles. The van der Waals surface area contributed by atoms with Crippen LogP contribution >= 0.6 is 0 Å². The van der Waals surface area contributed by atoms with Gasteiger partial charge in [0, 0.05) is 18.9 Å². The Balaban J connectivity index is 1.65. The fraction of sp³-hybridized carbons (Fsp3) is 0.917. The fourth-order valence-corrected chi connectivity index (χ4v) is 7.40. The quantitative estimate of drug-likeness (QED) is 0.649. The van der Waals surface area contributed by atoms with Crippen molar-refractivity contribution in [2.45, 2.75) is 90.5 Å². The Morgan fingerprint density at radius 1 is 1.10 bits per heavy atom. The van der Waals surface area contributed by atoms with Gasteiger partial charge in [-0.15, -0.1) is 0 Å². The van der Waals surface area contributed by atoms with Gasteiger partial charge in [-0.3, -0.25) is 0 Å². The van der Waals surface area contributed by atoms with Gasteiger partial charge in [-0.1, -0.05) is 24.2 Å². The Morgan fingerprint density at radius 2 is 1.81 bits per heavy atom. The van der Waals surface area contributed by atoms with E-state index in [1.165, 1.54) is 0 Å². The van der Waals surface area contributed by atoms with Gasteiger partial charge in [0.05, 0.1) is 17.5 Å². The van der Waals surface area contributed by atoms with Crippen molar-refractivity contribution in [3.8, 4) is 0 Å². The lowest BCUT2D eigenvalue weighted by atomic mass is 9.44. The van der Waals surface area contributed by atoms with Gasteiger partial charge in [0.25, 0.3) is 0 Å². The molecule has 0 heterocycles. The van der Waals surface area contributed by atoms with Crippen molar-refractivity contribution in [3.05, 3.63) is 0 Å². The van der Waals surface area contributed by atoms with Gasteiger partial charge < -0.3 is 20.5 Å². The van der Waals surface area contributed by atoms with Crippen molar-refractivity contribution < 1.29 is 19.2 Å². The predicted molar refractivity (Wildman–Crippen MR) is 119 cm³/mol. The summed E-state index contributed by atoms with van der Waals surface area (Å²) in [7, 11) is 1.59. The highest BCUT2D eigenvalue weighted by Gasteiger charge is 2.62. The first kappa shape index (κ1) is 23.0. The summed E-state index contributed by atoms with van der Waals surface area (Å²) in [4.78, 5) is 10.9. The number of hydrogen-bond acceptors (Lipinski definition) is 6. The smallest absolute Gasteiger partial charge is 0.144 e. The largest absolute Gasteiger partial charge is 0.399 e. The minimum absolute atomic E-state index is 0.0272. The summed E-state index contributed by atoms with van der Waals surface area (Å²) in [6.45, 7) is 8.54. The van der Waals surface area contributed by atoms with Crippen LogP contribution in [-0.4, -0.2) is 48.1 Å². The zero-order valence-corrected chi connectivity index (χ0v) is 19.7. The van der Waals surface area contributed by atoms with E-state index in [1.54, 1.807) is 7.11 Å². The second-order valence-corrected chi connectivity index (χ2v) is 11.6. The van der Waals surface area contributed by atoms with E-state index in [2.05, 4.69) is 24.2 Å². The van der Waals surface area contributed by atoms with Gasteiger partial charge in [-0.25, -0.2) is 4.39 Å². The molecule has 6 nitrogen and oxygen atoms in total. The van der Waals surface area contributed by atoms with Gasteiger partial charge in [0.1, 0.15) is 18.9 Å². The summed E-state index contributed by atoms with van der Waals surface area (Å²) >= 11 is 0. The molecule has 0 aromatic carbocycles. The van der Waals surface area contributed by atoms with Crippen LogP contribution in [0.5, 0.6) is 0 Å². The normalized spacial score (nSPS) is 47.6. The van der Waals surface area contributed by atoms with Crippen LogP contribution in [0.25, 0.3) is 0 Å². The fourth-order valence-electron chi connectivity index (χ4n) is 7.40. The number of oxime groups is 2. The predicted octanol–water partition coefficient (Wildman–Crippen LogP) is 4.06. The monoisotopic (exact) mass is 437 g/mol. The molecular weight excluding hydrogens is 397 g/mol. The van der Waals surface area contributed by atoms with Gasteiger partial charge in [-0.05, 0) is 81.0 Å². The van der Waals surface area contributed by atoms with Crippen LogP contribution in [0.3, 0.4) is 0 Å². The number of hydrogen-bond donors (Lipinski definition) is 2. The number of alkyl halides is 1. The highest BCUT2D eigenvalue weighted by atomic mass is 19.1. The summed E-state index contributed by atoms with van der Waals surface area (Å²) in [6, 6.07) is 0. The third-order valence-electron chi connectivity index (χ3n) is 9.38. The van der Waals surface area contributed by atoms with E-state index in [0.717, 1.165) is 37.8 Å². The summed E-state index contributed by atoms with van der Waals surface area (Å²) in [5, 5.41) is 19.4. The second-order valence-electron chi connectivity index (χ2n) is 11.6. The van der Waals surface area contributed by atoms with Crippen LogP contribution in [0.15, 0.2) is 10.3 Å². The molecule has 4 saturated carbocycles. The van der Waals surface area contributed by atoms with Crippen LogP contribution in [0.2, 0.25) is 0 Å². The van der Waals surface area contributed by atoms with Crippen LogP contribution in [-0.2, 0) is 9.68 Å². The third kappa shape index (κ3) is 3.69. The molecule has 176 valence electrons. The number of aliphatic hydroxyl groups excluding tert-OH is 1. The number of aliphatic hydroxyl groups is 1. The first-order valence-corrected chi connectivity index (χ1v) is 11.9. The molecule has 8 atom stereocenters. The Labute approximate surface area is 185 Å². The average molecular weight is 438 g/mol. The average Bonchev–Trinajstić information content (AvgIpc) is 3.02. The van der Waals surface area contributed by atoms with Crippen LogP contribution < -0.4 is 5.73 Å². The summed E-state index contributed by atoms with van der Waals surface area (Å²) < 4.78 is 15.5. The molecule has 0 aromatic rings. The summed E-state index contributed by atoms with van der Waals surface area (Å²) in [6.07, 6.45) is 4.43. The van der Waals surface area contributed by atoms with E-state index >= 15 is 4.39 Å². The molecule has 0 bridgehead atoms. The van der Waals surface area contributed by atoms with Crippen molar-refractivity contribution >= 4 is 11.4 Å². The maximum Gasteiger partial charge on any atom is 0.144 e. The molecule has 3 N–H and O–H groups in total. The first-order chi connectivity index (χ1) is 14.6. The van der Waals surface area contributed by atoms with Crippen LogP contribution in [0, 0.1) is 34.5 Å².